The molecule has 1 saturated heterocycles. The van der Waals surface area contributed by atoms with Gasteiger partial charge in [0.05, 0.1) is 5.41 Å². The van der Waals surface area contributed by atoms with Crippen molar-refractivity contribution in [1.82, 2.24) is 4.90 Å². The van der Waals surface area contributed by atoms with E-state index in [0.29, 0.717) is 12.8 Å². The van der Waals surface area contributed by atoms with Gasteiger partial charge in [-0.25, -0.2) is 0 Å². The lowest BCUT2D eigenvalue weighted by Gasteiger charge is -2.51. The van der Waals surface area contributed by atoms with Gasteiger partial charge in [0.15, 0.2) is 0 Å². The zero-order valence-electron chi connectivity index (χ0n) is 10.7. The van der Waals surface area contributed by atoms with E-state index >= 15 is 0 Å². The molecule has 0 radical (unpaired) electrons. The predicted octanol–water partition coefficient (Wildman–Crippen LogP) is 0.283. The molecule has 94 valence electrons. The number of imide groups is 1. The number of nitrogens with two attached hydrogens (primary N) is 1. The molecule has 0 aromatic carbocycles. The monoisotopic (exact) mass is 238 g/mol. The maximum absolute atomic E-state index is 12.3. The Morgan fingerprint density at radius 3 is 2.18 bits per heavy atom. The third-order valence-electron chi connectivity index (χ3n) is 5.31. The summed E-state index contributed by atoms with van der Waals surface area (Å²) < 4.78 is 0. The molecule has 1 aliphatic carbocycles. The maximum atomic E-state index is 12.3. The molecule has 2 fully saturated rings. The first-order valence-electron chi connectivity index (χ1n) is 5.75. The fourth-order valence-electron chi connectivity index (χ4n) is 3.57. The van der Waals surface area contributed by atoms with E-state index in [0.717, 1.165) is 4.90 Å². The van der Waals surface area contributed by atoms with Crippen molar-refractivity contribution in [3.63, 3.8) is 0 Å². The zero-order valence-corrected chi connectivity index (χ0v) is 10.7. The Morgan fingerprint density at radius 2 is 1.71 bits per heavy atom. The average molecular weight is 238 g/mol. The number of likely N-dealkylation sites (tertiary alicyclic amines) is 1. The summed E-state index contributed by atoms with van der Waals surface area (Å²) in [5.74, 6) is -1.27. The molecule has 1 saturated carbocycles. The molecule has 0 aromatic heterocycles. The fourth-order valence-corrected chi connectivity index (χ4v) is 3.57. The van der Waals surface area contributed by atoms with Crippen LogP contribution < -0.4 is 5.73 Å². The summed E-state index contributed by atoms with van der Waals surface area (Å²) in [7, 11) is 1.43. The molecule has 2 aliphatic rings. The highest BCUT2D eigenvalue weighted by Crippen LogP contribution is 2.66. The number of piperidine rings is 1. The molecular weight excluding hydrogens is 220 g/mol. The average Bonchev–Trinajstić information content (AvgIpc) is 2.41. The van der Waals surface area contributed by atoms with Gasteiger partial charge in [0.25, 0.3) is 0 Å². The number of hydrogen-bond acceptors (Lipinski definition) is 3. The summed E-state index contributed by atoms with van der Waals surface area (Å²) in [6, 6.07) is 0. The van der Waals surface area contributed by atoms with Crippen molar-refractivity contribution in [2.45, 2.75) is 33.6 Å². The van der Waals surface area contributed by atoms with Crippen molar-refractivity contribution in [2.24, 2.45) is 22.0 Å². The molecule has 3 amide bonds. The van der Waals surface area contributed by atoms with Crippen molar-refractivity contribution in [3.8, 4) is 0 Å². The van der Waals surface area contributed by atoms with Crippen LogP contribution in [0.25, 0.3) is 0 Å². The highest BCUT2D eigenvalue weighted by Gasteiger charge is 2.74. The van der Waals surface area contributed by atoms with Gasteiger partial charge < -0.3 is 5.73 Å². The van der Waals surface area contributed by atoms with Crippen molar-refractivity contribution in [1.29, 1.82) is 0 Å². The minimum absolute atomic E-state index is 0.207. The highest BCUT2D eigenvalue weighted by atomic mass is 16.2. The Hall–Kier alpha value is -1.39. The van der Waals surface area contributed by atoms with Gasteiger partial charge in [-0.1, -0.05) is 20.8 Å². The summed E-state index contributed by atoms with van der Waals surface area (Å²) in [6.07, 6.45) is 0.888. The third-order valence-corrected chi connectivity index (χ3v) is 5.31. The van der Waals surface area contributed by atoms with Crippen LogP contribution in [-0.2, 0) is 14.4 Å². The van der Waals surface area contributed by atoms with Gasteiger partial charge >= 0.3 is 0 Å². The first kappa shape index (κ1) is 12.1. The number of nitrogens with zero attached hydrogens (tertiary/aromatic N) is 1. The smallest absolute Gasteiger partial charge is 0.245 e. The number of amides is 3. The second kappa shape index (κ2) is 2.89. The van der Waals surface area contributed by atoms with E-state index in [1.165, 1.54) is 7.05 Å². The molecule has 5 nitrogen and oxygen atoms in total. The molecular formula is C12H18N2O3. The number of carbonyl (C=O) groups is 3. The lowest BCUT2D eigenvalue weighted by Crippen LogP contribution is -2.66. The Morgan fingerprint density at radius 1 is 1.18 bits per heavy atom. The lowest BCUT2D eigenvalue weighted by atomic mass is 9.55. The predicted molar refractivity (Wildman–Crippen MR) is 60.5 cm³/mol. The van der Waals surface area contributed by atoms with Crippen LogP contribution in [0.5, 0.6) is 0 Å². The highest BCUT2D eigenvalue weighted by molar-refractivity contribution is 6.15. The van der Waals surface area contributed by atoms with Crippen LogP contribution in [0.3, 0.4) is 0 Å². The molecule has 2 rings (SSSR count). The second-order valence-electron chi connectivity index (χ2n) is 5.90. The van der Waals surface area contributed by atoms with E-state index < -0.39 is 28.1 Å². The first-order valence-corrected chi connectivity index (χ1v) is 5.75. The molecule has 0 aromatic rings. The molecule has 1 heterocycles. The molecule has 5 heteroatoms. The number of hydrogen-bond donors (Lipinski definition) is 1. The SMILES string of the molecule is CN1C(=O)[C@@]2(C(N)=O)CC[C@@](C)(C1=O)C2(C)C. The van der Waals surface area contributed by atoms with Crippen LogP contribution in [0.15, 0.2) is 0 Å². The molecule has 17 heavy (non-hydrogen) atoms. The van der Waals surface area contributed by atoms with E-state index in [-0.39, 0.29) is 5.91 Å². The maximum Gasteiger partial charge on any atom is 0.245 e. The second-order valence-corrected chi connectivity index (χ2v) is 5.90. The quantitative estimate of drug-likeness (QED) is 0.526. The molecule has 1 aliphatic heterocycles. The van der Waals surface area contributed by atoms with Crippen LogP contribution in [-0.4, -0.2) is 29.7 Å². The minimum Gasteiger partial charge on any atom is -0.369 e. The first-order chi connectivity index (χ1) is 7.63. The topological polar surface area (TPSA) is 80.5 Å². The summed E-state index contributed by atoms with van der Waals surface area (Å²) >= 11 is 0. The zero-order chi connectivity index (χ0) is 13.2. The summed E-state index contributed by atoms with van der Waals surface area (Å²) in [5.41, 5.74) is 2.82. The van der Waals surface area contributed by atoms with Crippen molar-refractivity contribution >= 4 is 17.7 Å². The van der Waals surface area contributed by atoms with Gasteiger partial charge in [0, 0.05) is 12.5 Å². The van der Waals surface area contributed by atoms with E-state index in [4.69, 9.17) is 5.73 Å². The molecule has 2 bridgehead atoms. The molecule has 2 N–H and O–H groups in total. The Balaban J connectivity index is 2.73. The van der Waals surface area contributed by atoms with Gasteiger partial charge in [0.2, 0.25) is 17.7 Å². The Kier molecular flexibility index (Phi) is 2.05. The van der Waals surface area contributed by atoms with Gasteiger partial charge in [-0.05, 0) is 12.8 Å². The van der Waals surface area contributed by atoms with Crippen molar-refractivity contribution in [3.05, 3.63) is 0 Å². The number of rotatable bonds is 1. The lowest BCUT2D eigenvalue weighted by molar-refractivity contribution is -0.177. The van der Waals surface area contributed by atoms with E-state index in [1.54, 1.807) is 13.8 Å². The Bertz CT molecular complexity index is 443. The van der Waals surface area contributed by atoms with Gasteiger partial charge in [-0.3, -0.25) is 19.3 Å². The van der Waals surface area contributed by atoms with E-state index in [2.05, 4.69) is 0 Å². The molecule has 2 atom stereocenters. The van der Waals surface area contributed by atoms with Crippen LogP contribution in [0.1, 0.15) is 33.6 Å². The number of carbonyl (C=O) groups excluding carboxylic acids is 3. The third kappa shape index (κ3) is 0.944. The van der Waals surface area contributed by atoms with Gasteiger partial charge in [-0.2, -0.15) is 0 Å². The summed E-state index contributed by atoms with van der Waals surface area (Å²) in [4.78, 5) is 37.5. The molecule has 0 unspecified atom stereocenters. The van der Waals surface area contributed by atoms with Crippen LogP contribution >= 0.6 is 0 Å². The summed E-state index contributed by atoms with van der Waals surface area (Å²) in [5, 5.41) is 0. The largest absolute Gasteiger partial charge is 0.369 e. The van der Waals surface area contributed by atoms with Crippen LogP contribution in [0.4, 0.5) is 0 Å². The minimum atomic E-state index is -1.23. The normalized spacial score (nSPS) is 39.6. The fraction of sp³-hybridized carbons (Fsp3) is 0.750. The number of primary amides is 1. The standard InChI is InChI=1S/C12H18N2O3/c1-10(2)11(3)5-6-12(10,7(13)15)9(17)14(4)8(11)16/h5-6H2,1-4H3,(H2,13,15)/t11-,12-/m0/s1. The van der Waals surface area contributed by atoms with Gasteiger partial charge in [-0.15, -0.1) is 0 Å². The van der Waals surface area contributed by atoms with Crippen LogP contribution in [0, 0.1) is 16.2 Å². The van der Waals surface area contributed by atoms with Gasteiger partial charge in [0.1, 0.15) is 5.41 Å². The van der Waals surface area contributed by atoms with Crippen molar-refractivity contribution < 1.29 is 14.4 Å². The molecule has 0 spiro atoms. The van der Waals surface area contributed by atoms with Crippen LogP contribution in [0.2, 0.25) is 0 Å². The van der Waals surface area contributed by atoms with E-state index in [1.807, 2.05) is 6.92 Å². The number of fused-ring (bicyclic) bond motifs is 2. The van der Waals surface area contributed by atoms with E-state index in [9.17, 15) is 14.4 Å². The van der Waals surface area contributed by atoms with Crippen molar-refractivity contribution in [2.75, 3.05) is 7.05 Å². The summed E-state index contributed by atoms with van der Waals surface area (Å²) in [6.45, 7) is 5.42. The Labute approximate surface area is 100 Å².